The standard InChI is InChI=1S/C14H23NO5/c1-15(2)14-7-5-6-9(20-14)8-10(12(16)18-3)11(14)13(17)19-4/h9-11H,5-8H2,1-4H3/t9-,10+,11+,14+/m1/s1. The Hall–Kier alpha value is -1.14. The lowest BCUT2D eigenvalue weighted by atomic mass is 9.71. The number of fused-ring (bicyclic) bond motifs is 2. The zero-order valence-electron chi connectivity index (χ0n) is 12.5. The first-order valence-corrected chi connectivity index (χ1v) is 6.97. The maximum Gasteiger partial charge on any atom is 0.313 e. The maximum absolute atomic E-state index is 12.3. The van der Waals surface area contributed by atoms with Crippen LogP contribution in [0.2, 0.25) is 0 Å². The Kier molecular flexibility index (Phi) is 4.34. The first-order chi connectivity index (χ1) is 9.46. The second-order valence-electron chi connectivity index (χ2n) is 5.74. The largest absolute Gasteiger partial charge is 0.469 e. The lowest BCUT2D eigenvalue weighted by molar-refractivity contribution is -0.270. The van der Waals surface area contributed by atoms with Gasteiger partial charge in [-0.3, -0.25) is 14.5 Å². The SMILES string of the molecule is COC(=O)[C@H]1C[C@H]2CCC[C@](N(C)C)(O2)[C@@H]1C(=O)OC. The lowest BCUT2D eigenvalue weighted by Gasteiger charge is -2.54. The molecule has 0 saturated carbocycles. The molecule has 2 heterocycles. The van der Waals surface area contributed by atoms with Crippen LogP contribution < -0.4 is 0 Å². The molecule has 20 heavy (non-hydrogen) atoms. The van der Waals surface area contributed by atoms with Gasteiger partial charge in [-0.05, 0) is 39.8 Å². The van der Waals surface area contributed by atoms with E-state index in [1.54, 1.807) is 0 Å². The Bertz CT molecular complexity index is 397. The van der Waals surface area contributed by atoms with Crippen LogP contribution in [-0.4, -0.2) is 57.0 Å². The van der Waals surface area contributed by atoms with Crippen molar-refractivity contribution >= 4 is 11.9 Å². The number of hydrogen-bond donors (Lipinski definition) is 0. The van der Waals surface area contributed by atoms with Gasteiger partial charge in [-0.2, -0.15) is 0 Å². The average Bonchev–Trinajstić information content (AvgIpc) is 2.45. The highest BCUT2D eigenvalue weighted by Crippen LogP contribution is 2.47. The molecule has 0 aromatic carbocycles. The van der Waals surface area contributed by atoms with Crippen molar-refractivity contribution in [2.24, 2.45) is 11.8 Å². The van der Waals surface area contributed by atoms with Gasteiger partial charge >= 0.3 is 11.9 Å². The van der Waals surface area contributed by atoms with Gasteiger partial charge in [0.25, 0.3) is 0 Å². The van der Waals surface area contributed by atoms with E-state index < -0.39 is 23.5 Å². The summed E-state index contributed by atoms with van der Waals surface area (Å²) in [5.74, 6) is -1.92. The van der Waals surface area contributed by atoms with Gasteiger partial charge in [-0.15, -0.1) is 0 Å². The van der Waals surface area contributed by atoms with Gasteiger partial charge in [-0.1, -0.05) is 0 Å². The molecule has 2 aliphatic rings. The average molecular weight is 285 g/mol. The number of carbonyl (C=O) groups excluding carboxylic acids is 2. The highest BCUT2D eigenvalue weighted by atomic mass is 16.6. The summed E-state index contributed by atoms with van der Waals surface area (Å²) in [5.41, 5.74) is -0.771. The van der Waals surface area contributed by atoms with Gasteiger partial charge in [0.15, 0.2) is 0 Å². The molecule has 0 amide bonds. The molecule has 6 nitrogen and oxygen atoms in total. The molecule has 6 heteroatoms. The van der Waals surface area contributed by atoms with Crippen LogP contribution in [0, 0.1) is 11.8 Å². The molecule has 0 aromatic heterocycles. The van der Waals surface area contributed by atoms with E-state index >= 15 is 0 Å². The smallest absolute Gasteiger partial charge is 0.313 e. The van der Waals surface area contributed by atoms with E-state index in [9.17, 15) is 9.59 Å². The van der Waals surface area contributed by atoms with Gasteiger partial charge in [0.2, 0.25) is 0 Å². The summed E-state index contributed by atoms with van der Waals surface area (Å²) in [7, 11) is 6.44. The summed E-state index contributed by atoms with van der Waals surface area (Å²) in [6, 6.07) is 0. The first-order valence-electron chi connectivity index (χ1n) is 6.97. The molecule has 0 N–H and O–H groups in total. The van der Waals surface area contributed by atoms with Crippen LogP contribution in [0.4, 0.5) is 0 Å². The molecule has 2 saturated heterocycles. The minimum atomic E-state index is -0.771. The van der Waals surface area contributed by atoms with Crippen molar-refractivity contribution in [2.75, 3.05) is 28.3 Å². The molecular formula is C14H23NO5. The van der Waals surface area contributed by atoms with Crippen molar-refractivity contribution < 1.29 is 23.8 Å². The third-order valence-electron chi connectivity index (χ3n) is 4.55. The molecule has 2 bridgehead atoms. The predicted molar refractivity (Wildman–Crippen MR) is 70.8 cm³/mol. The molecule has 0 radical (unpaired) electrons. The fraction of sp³-hybridized carbons (Fsp3) is 0.857. The fourth-order valence-corrected chi connectivity index (χ4v) is 3.58. The number of carbonyl (C=O) groups is 2. The molecule has 0 spiro atoms. The van der Waals surface area contributed by atoms with Gasteiger partial charge in [0, 0.05) is 0 Å². The van der Waals surface area contributed by atoms with E-state index in [1.807, 2.05) is 19.0 Å². The number of nitrogens with zero attached hydrogens (tertiary/aromatic N) is 1. The van der Waals surface area contributed by atoms with Crippen LogP contribution in [0.15, 0.2) is 0 Å². The molecule has 0 aromatic rings. The summed E-state index contributed by atoms with van der Waals surface area (Å²) < 4.78 is 16.0. The number of ether oxygens (including phenoxy) is 3. The molecule has 0 aliphatic carbocycles. The molecule has 4 atom stereocenters. The summed E-state index contributed by atoms with van der Waals surface area (Å²) in [5, 5.41) is 0. The second-order valence-corrected chi connectivity index (χ2v) is 5.74. The molecule has 114 valence electrons. The molecular weight excluding hydrogens is 262 g/mol. The van der Waals surface area contributed by atoms with E-state index in [1.165, 1.54) is 14.2 Å². The molecule has 2 rings (SSSR count). The molecule has 2 fully saturated rings. The first kappa shape index (κ1) is 15.3. The summed E-state index contributed by atoms with van der Waals surface area (Å²) in [6.45, 7) is 0. The fourth-order valence-electron chi connectivity index (χ4n) is 3.58. The third-order valence-corrected chi connectivity index (χ3v) is 4.55. The topological polar surface area (TPSA) is 65.1 Å². The van der Waals surface area contributed by atoms with Crippen LogP contribution in [0.5, 0.6) is 0 Å². The monoisotopic (exact) mass is 285 g/mol. The van der Waals surface area contributed by atoms with Crippen molar-refractivity contribution in [3.05, 3.63) is 0 Å². The Balaban J connectivity index is 2.43. The van der Waals surface area contributed by atoms with Crippen molar-refractivity contribution in [1.29, 1.82) is 0 Å². The predicted octanol–water partition coefficient (Wildman–Crippen LogP) is 0.795. The van der Waals surface area contributed by atoms with Crippen LogP contribution in [0.3, 0.4) is 0 Å². The van der Waals surface area contributed by atoms with Crippen LogP contribution in [-0.2, 0) is 23.8 Å². The summed E-state index contributed by atoms with van der Waals surface area (Å²) in [6.07, 6.45) is 3.11. The summed E-state index contributed by atoms with van der Waals surface area (Å²) >= 11 is 0. The van der Waals surface area contributed by atoms with Crippen LogP contribution in [0.25, 0.3) is 0 Å². The summed E-state index contributed by atoms with van der Waals surface area (Å²) in [4.78, 5) is 26.3. The Morgan fingerprint density at radius 2 is 1.85 bits per heavy atom. The number of hydrogen-bond acceptors (Lipinski definition) is 6. The highest BCUT2D eigenvalue weighted by Gasteiger charge is 2.59. The van der Waals surface area contributed by atoms with Gasteiger partial charge < -0.3 is 14.2 Å². The third kappa shape index (κ3) is 2.31. The lowest BCUT2D eigenvalue weighted by Crippen LogP contribution is -2.65. The van der Waals surface area contributed by atoms with Gasteiger partial charge in [0.05, 0.1) is 26.2 Å². The minimum Gasteiger partial charge on any atom is -0.469 e. The Morgan fingerprint density at radius 3 is 2.40 bits per heavy atom. The van der Waals surface area contributed by atoms with Gasteiger partial charge in [0.1, 0.15) is 11.6 Å². The van der Waals surface area contributed by atoms with E-state index in [0.29, 0.717) is 12.8 Å². The number of rotatable bonds is 3. The maximum atomic E-state index is 12.3. The van der Waals surface area contributed by atoms with E-state index in [-0.39, 0.29) is 12.1 Å². The minimum absolute atomic E-state index is 0.00356. The van der Waals surface area contributed by atoms with Gasteiger partial charge in [-0.25, -0.2) is 0 Å². The number of esters is 2. The van der Waals surface area contributed by atoms with Crippen molar-refractivity contribution in [1.82, 2.24) is 4.90 Å². The van der Waals surface area contributed by atoms with Crippen molar-refractivity contribution in [3.8, 4) is 0 Å². The zero-order valence-corrected chi connectivity index (χ0v) is 12.5. The Morgan fingerprint density at radius 1 is 1.20 bits per heavy atom. The molecule has 0 unspecified atom stereocenters. The van der Waals surface area contributed by atoms with Crippen LogP contribution in [0.1, 0.15) is 25.7 Å². The van der Waals surface area contributed by atoms with E-state index in [4.69, 9.17) is 14.2 Å². The quantitative estimate of drug-likeness (QED) is 0.715. The highest BCUT2D eigenvalue weighted by molar-refractivity contribution is 5.83. The normalized spacial score (nSPS) is 36.5. The van der Waals surface area contributed by atoms with Crippen LogP contribution >= 0.6 is 0 Å². The van der Waals surface area contributed by atoms with E-state index in [0.717, 1.165) is 12.8 Å². The second kappa shape index (κ2) is 5.69. The zero-order chi connectivity index (χ0) is 14.9. The number of methoxy groups -OCH3 is 2. The Labute approximate surface area is 119 Å². The van der Waals surface area contributed by atoms with Crippen molar-refractivity contribution in [2.45, 2.75) is 37.5 Å². The van der Waals surface area contributed by atoms with E-state index in [2.05, 4.69) is 0 Å². The van der Waals surface area contributed by atoms with Crippen molar-refractivity contribution in [3.63, 3.8) is 0 Å². The molecule has 2 aliphatic heterocycles.